The number of anilines is 2. The number of carbonyl (C=O) groups is 1. The molecule has 1 aromatic heterocycles. The summed E-state index contributed by atoms with van der Waals surface area (Å²) in [5, 5.41) is 12.7. The van der Waals surface area contributed by atoms with Crippen molar-refractivity contribution < 1.29 is 26.8 Å². The molecule has 182 valence electrons. The van der Waals surface area contributed by atoms with Crippen LogP contribution in [0.25, 0.3) is 11.5 Å². The third kappa shape index (κ3) is 6.31. The molecule has 0 saturated heterocycles. The van der Waals surface area contributed by atoms with Gasteiger partial charge in [0.25, 0.3) is 5.91 Å². The van der Waals surface area contributed by atoms with E-state index in [2.05, 4.69) is 39.6 Å². The highest BCUT2D eigenvalue weighted by Gasteiger charge is 2.35. The first-order valence-electron chi connectivity index (χ1n) is 10.8. The second-order valence-corrected chi connectivity index (χ2v) is 7.41. The predicted molar refractivity (Wildman–Crippen MR) is 120 cm³/mol. The predicted octanol–water partition coefficient (Wildman–Crippen LogP) is 5.29. The largest absolute Gasteiger partial charge is 0.417 e. The number of nitrogens with one attached hydrogen (secondary N) is 2. The summed E-state index contributed by atoms with van der Waals surface area (Å²) >= 11 is 0. The average Bonchev–Trinajstić information content (AvgIpc) is 3.27. The lowest BCUT2D eigenvalue weighted by Gasteiger charge is -2.17. The molecule has 0 aliphatic rings. The molecule has 1 amide bonds. The SMILES string of the molecule is CCN(CC)CCCNc1nnc(-c2ccc(NC(=O)c3ccccc3F)cc2C(F)(F)F)o1. The molecule has 2 aromatic carbocycles. The van der Waals surface area contributed by atoms with Crippen molar-refractivity contribution in [3.8, 4) is 11.5 Å². The number of hydrogen-bond donors (Lipinski definition) is 2. The molecular formula is C23H25F4N5O2. The summed E-state index contributed by atoms with van der Waals surface area (Å²) in [6.07, 6.45) is -3.97. The molecule has 0 bridgehead atoms. The Kier molecular flexibility index (Phi) is 8.21. The molecule has 0 fully saturated rings. The van der Waals surface area contributed by atoms with Crippen LogP contribution in [0.2, 0.25) is 0 Å². The summed E-state index contributed by atoms with van der Waals surface area (Å²) in [5.74, 6) is -1.96. The highest BCUT2D eigenvalue weighted by Crippen LogP contribution is 2.38. The molecule has 0 atom stereocenters. The Labute approximate surface area is 194 Å². The van der Waals surface area contributed by atoms with Crippen molar-refractivity contribution in [1.29, 1.82) is 0 Å². The maximum atomic E-state index is 13.8. The molecule has 0 aliphatic carbocycles. The Hall–Kier alpha value is -3.47. The Bertz CT molecular complexity index is 1110. The Morgan fingerprint density at radius 1 is 1.09 bits per heavy atom. The van der Waals surface area contributed by atoms with Crippen molar-refractivity contribution in [3.05, 3.63) is 59.4 Å². The monoisotopic (exact) mass is 479 g/mol. The van der Waals surface area contributed by atoms with Gasteiger partial charge in [0.1, 0.15) is 5.82 Å². The van der Waals surface area contributed by atoms with Crippen LogP contribution in [-0.2, 0) is 6.18 Å². The first kappa shape index (κ1) is 25.2. The van der Waals surface area contributed by atoms with Crippen molar-refractivity contribution >= 4 is 17.6 Å². The first-order valence-corrected chi connectivity index (χ1v) is 10.8. The molecule has 0 unspecified atom stereocenters. The van der Waals surface area contributed by atoms with Gasteiger partial charge in [-0.1, -0.05) is 31.1 Å². The van der Waals surface area contributed by atoms with Gasteiger partial charge in [0.15, 0.2) is 0 Å². The molecule has 3 rings (SSSR count). The minimum absolute atomic E-state index is 0.0135. The zero-order valence-electron chi connectivity index (χ0n) is 18.7. The Balaban J connectivity index is 1.75. The van der Waals surface area contributed by atoms with Crippen molar-refractivity contribution in [2.75, 3.05) is 36.8 Å². The Morgan fingerprint density at radius 3 is 2.50 bits per heavy atom. The summed E-state index contributed by atoms with van der Waals surface area (Å²) in [6, 6.07) is 8.31. The molecule has 11 heteroatoms. The summed E-state index contributed by atoms with van der Waals surface area (Å²) < 4.78 is 60.5. The number of nitrogens with zero attached hydrogens (tertiary/aromatic N) is 3. The summed E-state index contributed by atoms with van der Waals surface area (Å²) in [4.78, 5) is 14.5. The summed E-state index contributed by atoms with van der Waals surface area (Å²) in [6.45, 7) is 7.37. The quantitative estimate of drug-likeness (QED) is 0.304. The first-order chi connectivity index (χ1) is 16.2. The third-order valence-corrected chi connectivity index (χ3v) is 5.18. The minimum Gasteiger partial charge on any atom is -0.403 e. The van der Waals surface area contributed by atoms with E-state index in [1.54, 1.807) is 0 Å². The van der Waals surface area contributed by atoms with Gasteiger partial charge in [-0.05, 0) is 56.4 Å². The van der Waals surface area contributed by atoms with E-state index in [-0.39, 0.29) is 28.7 Å². The number of amides is 1. The van der Waals surface area contributed by atoms with Gasteiger partial charge in [0.2, 0.25) is 5.89 Å². The lowest BCUT2D eigenvalue weighted by atomic mass is 10.1. The highest BCUT2D eigenvalue weighted by molar-refractivity contribution is 6.04. The van der Waals surface area contributed by atoms with Crippen LogP contribution in [-0.4, -0.2) is 47.2 Å². The lowest BCUT2D eigenvalue weighted by Crippen LogP contribution is -2.25. The van der Waals surface area contributed by atoms with Gasteiger partial charge in [-0.15, -0.1) is 5.10 Å². The fourth-order valence-electron chi connectivity index (χ4n) is 3.33. The van der Waals surface area contributed by atoms with Gasteiger partial charge >= 0.3 is 12.2 Å². The second-order valence-electron chi connectivity index (χ2n) is 7.41. The molecule has 0 saturated carbocycles. The molecule has 1 heterocycles. The number of hydrogen-bond acceptors (Lipinski definition) is 6. The number of aromatic nitrogens is 2. The van der Waals surface area contributed by atoms with Crippen LogP contribution in [0.3, 0.4) is 0 Å². The maximum Gasteiger partial charge on any atom is 0.417 e. The average molecular weight is 479 g/mol. The van der Waals surface area contributed by atoms with Crippen LogP contribution in [0, 0.1) is 5.82 Å². The number of carbonyl (C=O) groups excluding carboxylic acids is 1. The summed E-state index contributed by atoms with van der Waals surface area (Å²) in [7, 11) is 0. The molecule has 7 nitrogen and oxygen atoms in total. The molecule has 3 aromatic rings. The highest BCUT2D eigenvalue weighted by atomic mass is 19.4. The third-order valence-electron chi connectivity index (χ3n) is 5.18. The lowest BCUT2D eigenvalue weighted by molar-refractivity contribution is -0.137. The summed E-state index contributed by atoms with van der Waals surface area (Å²) in [5.41, 5.74) is -1.84. The van der Waals surface area contributed by atoms with E-state index in [0.29, 0.717) is 6.54 Å². The van der Waals surface area contributed by atoms with Gasteiger partial charge in [-0.3, -0.25) is 4.79 Å². The fraction of sp³-hybridized carbons (Fsp3) is 0.348. The van der Waals surface area contributed by atoms with Crippen molar-refractivity contribution in [2.24, 2.45) is 0 Å². The van der Waals surface area contributed by atoms with Crippen molar-refractivity contribution in [3.63, 3.8) is 0 Å². The maximum absolute atomic E-state index is 13.8. The van der Waals surface area contributed by atoms with E-state index < -0.39 is 23.5 Å². The van der Waals surface area contributed by atoms with Crippen molar-refractivity contribution in [2.45, 2.75) is 26.4 Å². The van der Waals surface area contributed by atoms with Gasteiger partial charge in [0, 0.05) is 12.2 Å². The topological polar surface area (TPSA) is 83.3 Å². The zero-order valence-corrected chi connectivity index (χ0v) is 18.7. The van der Waals surface area contributed by atoms with E-state index >= 15 is 0 Å². The normalized spacial score (nSPS) is 11.6. The number of alkyl halides is 3. The van der Waals surface area contributed by atoms with Crippen LogP contribution in [0.5, 0.6) is 0 Å². The fourth-order valence-corrected chi connectivity index (χ4v) is 3.33. The number of rotatable bonds is 10. The Morgan fingerprint density at radius 2 is 1.82 bits per heavy atom. The van der Waals surface area contributed by atoms with E-state index in [9.17, 15) is 22.4 Å². The van der Waals surface area contributed by atoms with E-state index in [1.165, 1.54) is 24.3 Å². The second kappa shape index (κ2) is 11.1. The number of benzene rings is 2. The zero-order chi connectivity index (χ0) is 24.7. The smallest absolute Gasteiger partial charge is 0.403 e. The van der Waals surface area contributed by atoms with Gasteiger partial charge in [-0.2, -0.15) is 13.2 Å². The van der Waals surface area contributed by atoms with E-state index in [0.717, 1.165) is 44.3 Å². The standard InChI is InChI=1S/C23H25F4N5O2/c1-3-32(4-2)13-7-12-28-22-31-30-21(34-22)16-11-10-15(14-18(16)23(25,26)27)29-20(33)17-8-5-6-9-19(17)24/h5-6,8-11,14H,3-4,7,12-13H2,1-2H3,(H,28,31)(H,29,33). The molecule has 2 N–H and O–H groups in total. The van der Waals surface area contributed by atoms with E-state index in [1.807, 2.05) is 0 Å². The number of halogens is 4. The van der Waals surface area contributed by atoms with E-state index in [4.69, 9.17) is 4.42 Å². The van der Waals surface area contributed by atoms with Crippen LogP contribution >= 0.6 is 0 Å². The molecule has 0 radical (unpaired) electrons. The van der Waals surface area contributed by atoms with Crippen molar-refractivity contribution in [1.82, 2.24) is 15.1 Å². The molecule has 0 spiro atoms. The van der Waals surface area contributed by atoms with Crippen LogP contribution in [0.1, 0.15) is 36.2 Å². The van der Waals surface area contributed by atoms with Gasteiger partial charge < -0.3 is 20.0 Å². The van der Waals surface area contributed by atoms with Crippen LogP contribution in [0.4, 0.5) is 29.3 Å². The molecule has 34 heavy (non-hydrogen) atoms. The van der Waals surface area contributed by atoms with Crippen LogP contribution < -0.4 is 10.6 Å². The van der Waals surface area contributed by atoms with Gasteiger partial charge in [0.05, 0.1) is 16.7 Å². The minimum atomic E-state index is -4.76. The molecular weight excluding hydrogens is 454 g/mol. The molecule has 0 aliphatic heterocycles. The van der Waals surface area contributed by atoms with Crippen LogP contribution in [0.15, 0.2) is 46.9 Å². The van der Waals surface area contributed by atoms with Gasteiger partial charge in [-0.25, -0.2) is 4.39 Å².